The fourth-order valence-corrected chi connectivity index (χ4v) is 4.65. The molecule has 0 aliphatic carbocycles. The minimum Gasteiger partial charge on any atom is -0.487 e. The van der Waals surface area contributed by atoms with Crippen LogP contribution >= 0.6 is 23.2 Å². The molecule has 3 N–H and O–H groups in total. The molecule has 1 heterocycles. The minimum atomic E-state index is -0.604. The molecule has 0 saturated carbocycles. The van der Waals surface area contributed by atoms with Gasteiger partial charge in [-0.1, -0.05) is 47.5 Å². The lowest BCUT2D eigenvalue weighted by Gasteiger charge is -2.21. The molecule has 4 amide bonds. The van der Waals surface area contributed by atoms with Crippen LogP contribution in [0.5, 0.6) is 5.75 Å². The molecule has 0 aliphatic heterocycles. The van der Waals surface area contributed by atoms with Gasteiger partial charge in [0.05, 0.1) is 17.3 Å². The number of benzene rings is 3. The molecule has 0 atom stereocenters. The predicted octanol–water partition coefficient (Wildman–Crippen LogP) is 5.80. The topological polar surface area (TPSA) is 122 Å². The van der Waals surface area contributed by atoms with Gasteiger partial charge in [0.25, 0.3) is 0 Å². The molecule has 12 heteroatoms. The van der Waals surface area contributed by atoms with E-state index in [0.29, 0.717) is 33.4 Å². The first-order valence-electron chi connectivity index (χ1n) is 12.8. The summed E-state index contributed by atoms with van der Waals surface area (Å²) in [6.07, 6.45) is 0. The summed E-state index contributed by atoms with van der Waals surface area (Å²) in [6.45, 7) is 1.55. The normalized spacial score (nSPS) is 10.7. The molecule has 0 spiro atoms. The Kier molecular flexibility index (Phi) is 10.2. The maximum Gasteiger partial charge on any atom is 0.319 e. The summed E-state index contributed by atoms with van der Waals surface area (Å²) in [7, 11) is 2.96. The first kappa shape index (κ1) is 30.6. The highest BCUT2D eigenvalue weighted by molar-refractivity contribution is 6.38. The van der Waals surface area contributed by atoms with Gasteiger partial charge in [-0.05, 0) is 49.4 Å². The number of aromatic nitrogens is 1. The third-order valence-electron chi connectivity index (χ3n) is 6.18. The Bertz CT molecular complexity index is 1630. The Hall–Kier alpha value is -4.38. The maximum absolute atomic E-state index is 12.9. The molecule has 4 aromatic rings. The number of methoxy groups -OCH3 is 1. The van der Waals surface area contributed by atoms with Crippen molar-refractivity contribution in [3.8, 4) is 5.75 Å². The van der Waals surface area contributed by atoms with E-state index in [1.807, 2.05) is 37.3 Å². The second-order valence-corrected chi connectivity index (χ2v) is 10.0. The first-order valence-corrected chi connectivity index (χ1v) is 13.6. The second-order valence-electron chi connectivity index (χ2n) is 9.25. The van der Waals surface area contributed by atoms with Gasteiger partial charge in [-0.15, -0.1) is 0 Å². The summed E-state index contributed by atoms with van der Waals surface area (Å²) in [6, 6.07) is 18.8. The number of halogens is 2. The van der Waals surface area contributed by atoms with Gasteiger partial charge in [0.15, 0.2) is 0 Å². The van der Waals surface area contributed by atoms with Crippen LogP contribution in [-0.4, -0.2) is 50.1 Å². The molecule has 3 aromatic carbocycles. The molecular weight excluding hydrogens is 581 g/mol. The molecule has 4 rings (SSSR count). The lowest BCUT2D eigenvalue weighted by Crippen LogP contribution is -2.40. The molecule has 42 heavy (non-hydrogen) atoms. The highest BCUT2D eigenvalue weighted by Gasteiger charge is 2.19. The van der Waals surface area contributed by atoms with E-state index in [1.54, 1.807) is 43.4 Å². The number of likely N-dealkylation sites (N-methyl/N-ethyl adjacent to an activating group) is 1. The fraction of sp³-hybridized carbons (Fsp3) is 0.200. The van der Waals surface area contributed by atoms with E-state index >= 15 is 0 Å². The lowest BCUT2D eigenvalue weighted by molar-refractivity contribution is -0.119. The van der Waals surface area contributed by atoms with Crippen molar-refractivity contribution in [3.05, 3.63) is 88.0 Å². The highest BCUT2D eigenvalue weighted by Crippen LogP contribution is 2.35. The van der Waals surface area contributed by atoms with E-state index < -0.39 is 11.9 Å². The molecule has 0 radical (unpaired) electrons. The summed E-state index contributed by atoms with van der Waals surface area (Å²) in [5.41, 5.74) is 3.39. The van der Waals surface area contributed by atoms with E-state index in [2.05, 4.69) is 20.9 Å². The zero-order valence-electron chi connectivity index (χ0n) is 23.2. The number of hydrogen-bond acceptors (Lipinski definition) is 6. The van der Waals surface area contributed by atoms with Gasteiger partial charge in [0.1, 0.15) is 24.5 Å². The van der Waals surface area contributed by atoms with Crippen LogP contribution in [0.4, 0.5) is 21.9 Å². The minimum absolute atomic E-state index is 0.0495. The Morgan fingerprint density at radius 3 is 2.45 bits per heavy atom. The zero-order chi connectivity index (χ0) is 30.2. The molecule has 0 fully saturated rings. The number of nitrogens with zero attached hydrogens (tertiary/aromatic N) is 2. The summed E-state index contributed by atoms with van der Waals surface area (Å²) in [4.78, 5) is 43.0. The van der Waals surface area contributed by atoms with Crippen molar-refractivity contribution in [2.75, 3.05) is 42.8 Å². The summed E-state index contributed by atoms with van der Waals surface area (Å²) in [5.74, 6) is -0.171. The molecule has 0 bridgehead atoms. The molecule has 0 aliphatic rings. The average molecular weight is 610 g/mol. The van der Waals surface area contributed by atoms with Crippen molar-refractivity contribution in [2.24, 2.45) is 0 Å². The molecule has 1 aromatic heterocycles. The SMILES string of the molecule is COCC(=O)Nc1cccc(NC(=O)NCC(=O)N(C)c2ccc(Cl)c(COc3cccc4ccc(C)nc34)c2Cl)c1. The van der Waals surface area contributed by atoms with Crippen LogP contribution in [0, 0.1) is 6.92 Å². The van der Waals surface area contributed by atoms with Gasteiger partial charge in [0.2, 0.25) is 11.8 Å². The maximum atomic E-state index is 12.9. The second kappa shape index (κ2) is 14.0. The number of anilines is 3. The Labute approximate surface area is 252 Å². The van der Waals surface area contributed by atoms with Gasteiger partial charge >= 0.3 is 6.03 Å². The van der Waals surface area contributed by atoms with Crippen molar-refractivity contribution in [1.82, 2.24) is 10.3 Å². The fourth-order valence-electron chi connectivity index (χ4n) is 4.05. The molecule has 0 saturated heterocycles. The largest absolute Gasteiger partial charge is 0.487 e. The quantitative estimate of drug-likeness (QED) is 0.209. The molecule has 0 unspecified atom stereocenters. The van der Waals surface area contributed by atoms with Gasteiger partial charge < -0.3 is 30.3 Å². The van der Waals surface area contributed by atoms with Crippen LogP contribution in [0.3, 0.4) is 0 Å². The number of fused-ring (bicyclic) bond motifs is 1. The number of nitrogens with one attached hydrogen (secondary N) is 3. The first-order chi connectivity index (χ1) is 20.2. The third kappa shape index (κ3) is 7.67. The summed E-state index contributed by atoms with van der Waals surface area (Å²) >= 11 is 13.1. The van der Waals surface area contributed by atoms with E-state index in [1.165, 1.54) is 12.0 Å². The summed E-state index contributed by atoms with van der Waals surface area (Å²) < 4.78 is 10.9. The van der Waals surface area contributed by atoms with E-state index in [-0.39, 0.29) is 30.7 Å². The van der Waals surface area contributed by atoms with Crippen LogP contribution in [0.15, 0.2) is 66.7 Å². The number of urea groups is 1. The average Bonchev–Trinajstić information content (AvgIpc) is 2.96. The highest BCUT2D eigenvalue weighted by atomic mass is 35.5. The number of hydrogen-bond donors (Lipinski definition) is 3. The van der Waals surface area contributed by atoms with Gasteiger partial charge in [-0.2, -0.15) is 0 Å². The number of aryl methyl sites for hydroxylation is 1. The van der Waals surface area contributed by atoms with E-state index in [0.717, 1.165) is 16.6 Å². The molecule has 10 nitrogen and oxygen atoms in total. The number of carbonyl (C=O) groups is 3. The number of para-hydroxylation sites is 1. The lowest BCUT2D eigenvalue weighted by atomic mass is 10.1. The molecule has 218 valence electrons. The third-order valence-corrected chi connectivity index (χ3v) is 6.95. The Morgan fingerprint density at radius 2 is 1.69 bits per heavy atom. The predicted molar refractivity (Wildman–Crippen MR) is 165 cm³/mol. The van der Waals surface area contributed by atoms with Gasteiger partial charge in [0, 0.05) is 47.2 Å². The summed E-state index contributed by atoms with van der Waals surface area (Å²) in [5, 5.41) is 9.38. The number of amides is 4. The van der Waals surface area contributed by atoms with Gasteiger partial charge in [-0.25, -0.2) is 9.78 Å². The van der Waals surface area contributed by atoms with Crippen molar-refractivity contribution in [2.45, 2.75) is 13.5 Å². The van der Waals surface area contributed by atoms with Crippen LogP contribution in [-0.2, 0) is 20.9 Å². The van der Waals surface area contributed by atoms with Crippen molar-refractivity contribution in [1.29, 1.82) is 0 Å². The number of pyridine rings is 1. The van der Waals surface area contributed by atoms with E-state index in [9.17, 15) is 14.4 Å². The smallest absolute Gasteiger partial charge is 0.319 e. The van der Waals surface area contributed by atoms with Crippen LogP contribution in [0.25, 0.3) is 10.9 Å². The van der Waals surface area contributed by atoms with Crippen LogP contribution in [0.1, 0.15) is 11.3 Å². The van der Waals surface area contributed by atoms with Crippen molar-refractivity contribution in [3.63, 3.8) is 0 Å². The number of carbonyl (C=O) groups excluding carboxylic acids is 3. The molecular formula is C30H29Cl2N5O5. The van der Waals surface area contributed by atoms with Gasteiger partial charge in [-0.3, -0.25) is 9.59 Å². The Balaban J connectivity index is 1.38. The standard InChI is InChI=1S/C30H29Cl2N5O5/c1-18-10-11-19-6-4-9-25(29(19)34-18)42-16-22-23(31)12-13-24(28(22)32)37(2)27(39)15-33-30(40)36-21-8-5-7-20(14-21)35-26(38)17-41-3/h4-14H,15-17H2,1-3H3,(H,35,38)(H2,33,36,40). The number of rotatable bonds is 10. The monoisotopic (exact) mass is 609 g/mol. The van der Waals surface area contributed by atoms with Crippen molar-refractivity contribution < 1.29 is 23.9 Å². The Morgan fingerprint density at radius 1 is 0.952 bits per heavy atom. The number of ether oxygens (including phenoxy) is 2. The van der Waals surface area contributed by atoms with E-state index in [4.69, 9.17) is 32.7 Å². The van der Waals surface area contributed by atoms with Crippen LogP contribution < -0.4 is 25.6 Å². The zero-order valence-corrected chi connectivity index (χ0v) is 24.7. The van der Waals surface area contributed by atoms with Crippen molar-refractivity contribution >= 4 is 69.0 Å². The van der Waals surface area contributed by atoms with Crippen LogP contribution in [0.2, 0.25) is 10.0 Å².